The summed E-state index contributed by atoms with van der Waals surface area (Å²) >= 11 is 0. The van der Waals surface area contributed by atoms with Crippen LogP contribution in [0.2, 0.25) is 0 Å². The molecule has 1 aromatic rings. The van der Waals surface area contributed by atoms with E-state index in [-0.39, 0.29) is 12.5 Å². The van der Waals surface area contributed by atoms with Crippen molar-refractivity contribution in [1.82, 2.24) is 15.5 Å². The molecule has 166 valence electrons. The summed E-state index contributed by atoms with van der Waals surface area (Å²) in [5.74, 6) is 1.71. The van der Waals surface area contributed by atoms with Gasteiger partial charge in [-0.2, -0.15) is 0 Å². The highest BCUT2D eigenvalue weighted by Gasteiger charge is 2.31. The van der Waals surface area contributed by atoms with Crippen molar-refractivity contribution in [2.75, 3.05) is 33.3 Å². The number of hydrogen-bond donors (Lipinski definition) is 2. The molecule has 0 spiro atoms. The van der Waals surface area contributed by atoms with E-state index >= 15 is 0 Å². The molecule has 1 heterocycles. The van der Waals surface area contributed by atoms with E-state index in [4.69, 9.17) is 4.74 Å². The maximum Gasteiger partial charge on any atom is 0.258 e. The first kappa shape index (κ1) is 22.4. The largest absolute Gasteiger partial charge is 0.484 e. The lowest BCUT2D eigenvalue weighted by Crippen LogP contribution is -2.50. The fourth-order valence-corrected chi connectivity index (χ4v) is 4.35. The van der Waals surface area contributed by atoms with Gasteiger partial charge >= 0.3 is 0 Å². The van der Waals surface area contributed by atoms with Crippen LogP contribution in [0.5, 0.6) is 5.75 Å². The number of carbonyl (C=O) groups excluding carboxylic acids is 1. The van der Waals surface area contributed by atoms with Gasteiger partial charge in [0.25, 0.3) is 5.91 Å². The quantitative estimate of drug-likeness (QED) is 0.480. The number of guanidine groups is 1. The lowest BCUT2D eigenvalue weighted by molar-refractivity contribution is -0.123. The molecule has 1 saturated heterocycles. The number of amides is 1. The van der Waals surface area contributed by atoms with Crippen LogP contribution in [0, 0.1) is 5.41 Å². The predicted molar refractivity (Wildman–Crippen MR) is 122 cm³/mol. The van der Waals surface area contributed by atoms with E-state index in [1.807, 2.05) is 19.2 Å². The minimum absolute atomic E-state index is 0.0371. The van der Waals surface area contributed by atoms with Crippen molar-refractivity contribution in [2.24, 2.45) is 10.4 Å². The maximum atomic E-state index is 11.7. The van der Waals surface area contributed by atoms with Gasteiger partial charge in [0.05, 0.1) is 0 Å². The Morgan fingerprint density at radius 1 is 1.30 bits per heavy atom. The maximum absolute atomic E-state index is 11.7. The number of nitrogens with one attached hydrogen (secondary N) is 2. The third-order valence-electron chi connectivity index (χ3n) is 6.08. The molecule has 1 unspecified atom stereocenters. The van der Waals surface area contributed by atoms with Gasteiger partial charge in [0.1, 0.15) is 5.75 Å². The Balaban J connectivity index is 1.40. The monoisotopic (exact) mass is 414 g/mol. The first-order valence-electron chi connectivity index (χ1n) is 11.5. The molecule has 0 radical (unpaired) electrons. The minimum Gasteiger partial charge on any atom is -0.484 e. The van der Waals surface area contributed by atoms with E-state index in [9.17, 15) is 4.79 Å². The van der Waals surface area contributed by atoms with E-state index in [1.54, 1.807) is 0 Å². The summed E-state index contributed by atoms with van der Waals surface area (Å²) in [5, 5.41) is 6.47. The van der Waals surface area contributed by atoms with E-state index in [0.717, 1.165) is 50.6 Å². The van der Waals surface area contributed by atoms with Crippen LogP contribution in [0.4, 0.5) is 0 Å². The summed E-state index contributed by atoms with van der Waals surface area (Å²) in [7, 11) is 1.87. The summed E-state index contributed by atoms with van der Waals surface area (Å²) in [6.45, 7) is 7.78. The molecule has 1 aromatic carbocycles. The molecular formula is C24H38N4O2. The zero-order valence-electron chi connectivity index (χ0n) is 18.9. The average Bonchev–Trinajstić information content (AvgIpc) is 3.54. The highest BCUT2D eigenvalue weighted by molar-refractivity contribution is 5.80. The Morgan fingerprint density at radius 3 is 2.73 bits per heavy atom. The highest BCUT2D eigenvalue weighted by Crippen LogP contribution is 2.33. The summed E-state index contributed by atoms with van der Waals surface area (Å²) in [6.07, 6.45) is 8.16. The topological polar surface area (TPSA) is 66.0 Å². The Bertz CT molecular complexity index is 710. The number of nitrogens with zero attached hydrogens (tertiary/aromatic N) is 2. The molecule has 1 aliphatic heterocycles. The molecule has 1 aliphatic carbocycles. The molecule has 2 aliphatic rings. The second kappa shape index (κ2) is 10.7. The van der Waals surface area contributed by atoms with Gasteiger partial charge in [0.2, 0.25) is 0 Å². The molecule has 0 bridgehead atoms. The fourth-order valence-electron chi connectivity index (χ4n) is 4.35. The number of piperidine rings is 1. The second-order valence-electron chi connectivity index (χ2n) is 9.08. The van der Waals surface area contributed by atoms with E-state index in [1.165, 1.54) is 31.2 Å². The molecule has 2 N–H and O–H groups in total. The van der Waals surface area contributed by atoms with Crippen molar-refractivity contribution >= 4 is 11.9 Å². The zero-order chi connectivity index (χ0) is 21.4. The number of benzene rings is 1. The SMILES string of the molecule is CCCC1(C)CCCN(C(=NC)NCCc2ccc(OCC(=O)NC3CC3)cc2)C1. The Hall–Kier alpha value is -2.24. The van der Waals surface area contributed by atoms with Crippen LogP contribution in [0.25, 0.3) is 0 Å². The van der Waals surface area contributed by atoms with E-state index in [0.29, 0.717) is 11.5 Å². The van der Waals surface area contributed by atoms with Crippen LogP contribution in [-0.2, 0) is 11.2 Å². The summed E-state index contributed by atoms with van der Waals surface area (Å²) < 4.78 is 5.58. The molecule has 30 heavy (non-hydrogen) atoms. The van der Waals surface area contributed by atoms with Crippen LogP contribution in [0.15, 0.2) is 29.3 Å². The first-order valence-corrected chi connectivity index (χ1v) is 11.5. The normalized spacial score (nSPS) is 22.0. The molecule has 1 saturated carbocycles. The number of hydrogen-bond acceptors (Lipinski definition) is 3. The summed E-state index contributed by atoms with van der Waals surface area (Å²) in [4.78, 5) is 18.7. The molecule has 2 fully saturated rings. The van der Waals surface area contributed by atoms with Gasteiger partial charge in [-0.1, -0.05) is 32.4 Å². The van der Waals surface area contributed by atoms with Crippen LogP contribution in [0.1, 0.15) is 57.9 Å². The standard InChI is InChI=1S/C24H38N4O2/c1-4-13-24(2)14-5-16-28(18-24)23(25-3)26-15-12-19-6-10-21(11-7-19)30-17-22(29)27-20-8-9-20/h6-7,10-11,20H,4-5,8-9,12-18H2,1-3H3,(H,25,26)(H,27,29). The molecule has 6 nitrogen and oxygen atoms in total. The molecule has 6 heteroatoms. The van der Waals surface area contributed by atoms with Gasteiger partial charge in [-0.05, 0) is 61.6 Å². The Labute approximate surface area is 181 Å². The van der Waals surface area contributed by atoms with Crippen molar-refractivity contribution < 1.29 is 9.53 Å². The number of carbonyl (C=O) groups is 1. The first-order chi connectivity index (χ1) is 14.5. The fraction of sp³-hybridized carbons (Fsp3) is 0.667. The number of likely N-dealkylation sites (tertiary alicyclic amines) is 1. The summed E-state index contributed by atoms with van der Waals surface area (Å²) in [5.41, 5.74) is 1.64. The van der Waals surface area contributed by atoms with Crippen LogP contribution >= 0.6 is 0 Å². The van der Waals surface area contributed by atoms with Crippen LogP contribution < -0.4 is 15.4 Å². The number of rotatable bonds is 9. The number of aliphatic imine (C=N–C) groups is 1. The molecule has 3 rings (SSSR count). The Kier molecular flexibility index (Phi) is 8.00. The smallest absolute Gasteiger partial charge is 0.258 e. The van der Waals surface area contributed by atoms with Gasteiger partial charge in [-0.25, -0.2) is 0 Å². The van der Waals surface area contributed by atoms with Gasteiger partial charge in [0, 0.05) is 32.7 Å². The second-order valence-corrected chi connectivity index (χ2v) is 9.08. The number of ether oxygens (including phenoxy) is 1. The van der Waals surface area contributed by atoms with Crippen molar-refractivity contribution in [2.45, 2.75) is 64.8 Å². The lowest BCUT2D eigenvalue weighted by Gasteiger charge is -2.42. The molecule has 1 atom stereocenters. The van der Waals surface area contributed by atoms with Crippen LogP contribution in [0.3, 0.4) is 0 Å². The zero-order valence-corrected chi connectivity index (χ0v) is 18.9. The third kappa shape index (κ3) is 6.92. The summed E-state index contributed by atoms with van der Waals surface area (Å²) in [6, 6.07) is 8.39. The van der Waals surface area contributed by atoms with Crippen molar-refractivity contribution in [3.05, 3.63) is 29.8 Å². The third-order valence-corrected chi connectivity index (χ3v) is 6.08. The molecule has 0 aromatic heterocycles. The molecule has 1 amide bonds. The van der Waals surface area contributed by atoms with Crippen LogP contribution in [-0.4, -0.2) is 56.1 Å². The van der Waals surface area contributed by atoms with E-state index < -0.39 is 0 Å². The van der Waals surface area contributed by atoms with Crippen molar-refractivity contribution in [3.8, 4) is 5.75 Å². The Morgan fingerprint density at radius 2 is 2.07 bits per heavy atom. The van der Waals surface area contributed by atoms with Gasteiger partial charge in [0.15, 0.2) is 12.6 Å². The van der Waals surface area contributed by atoms with Gasteiger partial charge in [-0.15, -0.1) is 0 Å². The van der Waals surface area contributed by atoms with Gasteiger partial charge < -0.3 is 20.3 Å². The lowest BCUT2D eigenvalue weighted by atomic mass is 9.78. The average molecular weight is 415 g/mol. The minimum atomic E-state index is -0.0371. The van der Waals surface area contributed by atoms with Crippen molar-refractivity contribution in [3.63, 3.8) is 0 Å². The highest BCUT2D eigenvalue weighted by atomic mass is 16.5. The molecular weight excluding hydrogens is 376 g/mol. The van der Waals surface area contributed by atoms with E-state index in [2.05, 4.69) is 46.5 Å². The van der Waals surface area contributed by atoms with Crippen molar-refractivity contribution in [1.29, 1.82) is 0 Å². The predicted octanol–water partition coefficient (Wildman–Crippen LogP) is 3.36. The van der Waals surface area contributed by atoms with Gasteiger partial charge in [-0.3, -0.25) is 9.79 Å².